The van der Waals surface area contributed by atoms with Crippen molar-refractivity contribution in [1.29, 1.82) is 0 Å². The van der Waals surface area contributed by atoms with Gasteiger partial charge in [0.1, 0.15) is 0 Å². The number of hydrogen-bond acceptors (Lipinski definition) is 0. The molecule has 0 aliphatic carbocycles. The van der Waals surface area contributed by atoms with Gasteiger partial charge in [0.2, 0.25) is 0 Å². The first-order chi connectivity index (χ1) is 12.8. The smallest absolute Gasteiger partial charge is 0.0551 e. The molecule has 2 heteroatoms. The number of rotatable bonds is 0. The molecule has 0 saturated heterocycles. The van der Waals surface area contributed by atoms with Crippen LogP contribution in [0.3, 0.4) is 0 Å². The lowest BCUT2D eigenvalue weighted by Crippen LogP contribution is -1.84. The number of aromatic amines is 1. The van der Waals surface area contributed by atoms with Gasteiger partial charge < -0.3 is 4.98 Å². The molecule has 122 valence electrons. The van der Waals surface area contributed by atoms with Crippen LogP contribution in [-0.4, -0.2) is 4.98 Å². The van der Waals surface area contributed by atoms with Gasteiger partial charge in [-0.25, -0.2) is 0 Å². The molecule has 0 bridgehead atoms. The van der Waals surface area contributed by atoms with Gasteiger partial charge >= 0.3 is 0 Å². The lowest BCUT2D eigenvalue weighted by Gasteiger charge is -2.11. The minimum absolute atomic E-state index is 1.11. The van der Waals surface area contributed by atoms with Crippen LogP contribution in [-0.2, 0) is 0 Å². The average Bonchev–Trinajstić information content (AvgIpc) is 3.06. The maximum atomic E-state index is 3.68. The molecule has 0 fully saturated rings. The molecule has 0 saturated carbocycles. The fraction of sp³-hybridized carbons (Fsp3) is 0. The summed E-state index contributed by atoms with van der Waals surface area (Å²) in [6.07, 6.45) is 0. The molecule has 1 nitrogen and oxygen atoms in total. The Kier molecular flexibility index (Phi) is 2.81. The van der Waals surface area contributed by atoms with Crippen molar-refractivity contribution < 1.29 is 0 Å². The molecule has 0 atom stereocenters. The molecule has 1 aromatic heterocycles. The van der Waals surface area contributed by atoms with E-state index in [0.29, 0.717) is 0 Å². The first-order valence-electron chi connectivity index (χ1n) is 8.74. The van der Waals surface area contributed by atoms with Crippen LogP contribution in [0.1, 0.15) is 0 Å². The minimum Gasteiger partial charge on any atom is -0.354 e. The zero-order chi connectivity index (χ0) is 17.3. The van der Waals surface area contributed by atoms with Crippen molar-refractivity contribution in [2.75, 3.05) is 0 Å². The highest BCUT2D eigenvalue weighted by molar-refractivity contribution is 9.10. The summed E-state index contributed by atoms with van der Waals surface area (Å²) in [7, 11) is 0. The molecular formula is C24H14BrN. The second kappa shape index (κ2) is 5.09. The molecule has 6 rings (SSSR count). The first-order valence-corrected chi connectivity index (χ1v) is 9.54. The van der Waals surface area contributed by atoms with Crippen LogP contribution in [0.5, 0.6) is 0 Å². The Morgan fingerprint density at radius 2 is 1.15 bits per heavy atom. The molecule has 26 heavy (non-hydrogen) atoms. The zero-order valence-electron chi connectivity index (χ0n) is 13.9. The van der Waals surface area contributed by atoms with Crippen LogP contribution in [0.4, 0.5) is 0 Å². The van der Waals surface area contributed by atoms with Gasteiger partial charge in [-0.05, 0) is 45.1 Å². The second-order valence-electron chi connectivity index (χ2n) is 6.82. The summed E-state index contributed by atoms with van der Waals surface area (Å²) in [4.78, 5) is 3.68. The Balaban J connectivity index is 1.99. The van der Waals surface area contributed by atoms with Crippen molar-refractivity contribution in [2.45, 2.75) is 0 Å². The van der Waals surface area contributed by atoms with E-state index in [-0.39, 0.29) is 0 Å². The summed E-state index contributed by atoms with van der Waals surface area (Å²) >= 11 is 3.64. The number of fused-ring (bicyclic) bond motifs is 10. The minimum atomic E-state index is 1.11. The Labute approximate surface area is 158 Å². The Bertz CT molecular complexity index is 1470. The maximum absolute atomic E-state index is 3.68. The second-order valence-corrected chi connectivity index (χ2v) is 7.73. The molecule has 0 spiro atoms. The summed E-state index contributed by atoms with van der Waals surface area (Å²) in [5.41, 5.74) is 2.42. The summed E-state index contributed by atoms with van der Waals surface area (Å²) in [5, 5.41) is 10.3. The van der Waals surface area contributed by atoms with Crippen molar-refractivity contribution in [3.05, 3.63) is 83.3 Å². The molecule has 6 aromatic rings. The van der Waals surface area contributed by atoms with Gasteiger partial charge in [-0.3, -0.25) is 0 Å². The highest BCUT2D eigenvalue weighted by Crippen LogP contribution is 2.40. The molecule has 0 unspecified atom stereocenters. The zero-order valence-corrected chi connectivity index (χ0v) is 15.5. The van der Waals surface area contributed by atoms with E-state index in [0.717, 1.165) is 4.47 Å². The number of hydrogen-bond donors (Lipinski definition) is 1. The number of aromatic nitrogens is 1. The van der Waals surface area contributed by atoms with Crippen LogP contribution in [0, 0.1) is 0 Å². The third-order valence-corrected chi connectivity index (χ3v) is 5.93. The van der Waals surface area contributed by atoms with Crippen molar-refractivity contribution in [1.82, 2.24) is 4.98 Å². The summed E-state index contributed by atoms with van der Waals surface area (Å²) in [5.74, 6) is 0. The van der Waals surface area contributed by atoms with Crippen molar-refractivity contribution in [3.63, 3.8) is 0 Å². The quantitative estimate of drug-likeness (QED) is 0.255. The highest BCUT2D eigenvalue weighted by atomic mass is 79.9. The number of halogens is 1. The predicted molar refractivity (Wildman–Crippen MR) is 116 cm³/mol. The largest absolute Gasteiger partial charge is 0.354 e. The Morgan fingerprint density at radius 3 is 2.04 bits per heavy atom. The molecule has 0 aliphatic rings. The van der Waals surface area contributed by atoms with Gasteiger partial charge in [-0.2, -0.15) is 0 Å². The fourth-order valence-electron chi connectivity index (χ4n) is 4.33. The Morgan fingerprint density at radius 1 is 0.538 bits per heavy atom. The molecular weight excluding hydrogens is 382 g/mol. The van der Waals surface area contributed by atoms with E-state index in [1.165, 1.54) is 54.1 Å². The normalized spacial score (nSPS) is 12.0. The van der Waals surface area contributed by atoms with E-state index in [1.807, 2.05) is 0 Å². The standard InChI is InChI=1S/C24H14BrN/c25-14-9-10-16-19-11-12-20-17-6-3-4-8-22(17)26-24(20)23(19)18-7-2-1-5-15(18)21(16)13-14/h1-13,26H. The first kappa shape index (κ1) is 14.3. The lowest BCUT2D eigenvalue weighted by molar-refractivity contribution is 1.57. The van der Waals surface area contributed by atoms with Gasteiger partial charge in [0.15, 0.2) is 0 Å². The molecule has 1 N–H and O–H groups in total. The number of H-pyrrole nitrogens is 1. The van der Waals surface area contributed by atoms with Crippen LogP contribution in [0.2, 0.25) is 0 Å². The third-order valence-electron chi connectivity index (χ3n) is 5.44. The number of para-hydroxylation sites is 1. The molecule has 0 amide bonds. The highest BCUT2D eigenvalue weighted by Gasteiger charge is 2.13. The summed E-state index contributed by atoms with van der Waals surface area (Å²) in [6.45, 7) is 0. The van der Waals surface area contributed by atoms with Crippen LogP contribution >= 0.6 is 15.9 Å². The maximum Gasteiger partial charge on any atom is 0.0551 e. The number of nitrogens with one attached hydrogen (secondary N) is 1. The summed E-state index contributed by atoms with van der Waals surface area (Å²) in [6, 6.07) is 28.4. The van der Waals surface area contributed by atoms with Gasteiger partial charge in [-0.1, -0.05) is 76.6 Å². The topological polar surface area (TPSA) is 15.8 Å². The van der Waals surface area contributed by atoms with E-state index in [1.54, 1.807) is 0 Å². The van der Waals surface area contributed by atoms with Crippen LogP contribution in [0.25, 0.3) is 54.1 Å². The molecule has 0 radical (unpaired) electrons. The summed E-state index contributed by atoms with van der Waals surface area (Å²) < 4.78 is 1.11. The van der Waals surface area contributed by atoms with Crippen molar-refractivity contribution in [3.8, 4) is 0 Å². The van der Waals surface area contributed by atoms with Crippen LogP contribution in [0.15, 0.2) is 83.3 Å². The van der Waals surface area contributed by atoms with Gasteiger partial charge in [0, 0.05) is 26.1 Å². The fourth-order valence-corrected chi connectivity index (χ4v) is 4.69. The molecule has 5 aromatic carbocycles. The average molecular weight is 396 g/mol. The van der Waals surface area contributed by atoms with Gasteiger partial charge in [0.05, 0.1) is 5.52 Å². The van der Waals surface area contributed by atoms with E-state index in [2.05, 4.69) is 99.8 Å². The van der Waals surface area contributed by atoms with Gasteiger partial charge in [0.25, 0.3) is 0 Å². The molecule has 1 heterocycles. The predicted octanol–water partition coefficient (Wildman–Crippen LogP) is 7.54. The van der Waals surface area contributed by atoms with E-state index in [9.17, 15) is 0 Å². The van der Waals surface area contributed by atoms with E-state index in [4.69, 9.17) is 0 Å². The van der Waals surface area contributed by atoms with E-state index < -0.39 is 0 Å². The number of benzene rings is 5. The van der Waals surface area contributed by atoms with Gasteiger partial charge in [-0.15, -0.1) is 0 Å². The molecule has 0 aliphatic heterocycles. The third kappa shape index (κ3) is 1.80. The van der Waals surface area contributed by atoms with Crippen molar-refractivity contribution >= 4 is 70.1 Å². The van der Waals surface area contributed by atoms with Crippen molar-refractivity contribution in [2.24, 2.45) is 0 Å². The van der Waals surface area contributed by atoms with Crippen LogP contribution < -0.4 is 0 Å². The van der Waals surface area contributed by atoms with E-state index >= 15 is 0 Å². The SMILES string of the molecule is Brc1ccc2c(c1)c1ccccc1c1c2ccc2c3ccccc3[nH]c21. The Hall–Kier alpha value is -2.84. The lowest BCUT2D eigenvalue weighted by atomic mass is 9.93. The monoisotopic (exact) mass is 395 g/mol.